The average Bonchev–Trinajstić information content (AvgIpc) is 2.76. The summed E-state index contributed by atoms with van der Waals surface area (Å²) in [5.74, 6) is -1.57. The second-order valence-electron chi connectivity index (χ2n) is 3.52. The van der Waals surface area contributed by atoms with Crippen LogP contribution >= 0.6 is 0 Å². The summed E-state index contributed by atoms with van der Waals surface area (Å²) < 4.78 is 1.39. The summed E-state index contributed by atoms with van der Waals surface area (Å²) in [4.78, 5) is 26.6. The van der Waals surface area contributed by atoms with Crippen LogP contribution in [-0.4, -0.2) is 31.7 Å². The maximum atomic E-state index is 11.9. The molecule has 0 bridgehead atoms. The van der Waals surface area contributed by atoms with Crippen molar-refractivity contribution < 1.29 is 14.7 Å². The first-order valence-electron chi connectivity index (χ1n) is 5.06. The number of carbonyl (C=O) groups is 2. The zero-order valence-electron chi connectivity index (χ0n) is 9.49. The predicted octanol–water partition coefficient (Wildman–Crippen LogP) is 0.766. The summed E-state index contributed by atoms with van der Waals surface area (Å²) in [7, 11) is 1.62. The number of nitrogens with one attached hydrogen (secondary N) is 1. The molecule has 0 atom stereocenters. The lowest BCUT2D eigenvalue weighted by molar-refractivity contribution is 0.0698. The molecule has 0 radical (unpaired) electrons. The van der Waals surface area contributed by atoms with Gasteiger partial charge in [-0.15, -0.1) is 0 Å². The Balaban J connectivity index is 2.28. The van der Waals surface area contributed by atoms with Gasteiger partial charge in [0.05, 0.1) is 17.4 Å². The third kappa shape index (κ3) is 2.19. The molecule has 0 unspecified atom stereocenters. The van der Waals surface area contributed by atoms with Gasteiger partial charge in [-0.2, -0.15) is 5.10 Å². The molecule has 2 aromatic rings. The zero-order valence-corrected chi connectivity index (χ0v) is 9.49. The molecule has 0 aliphatic carbocycles. The molecule has 0 spiro atoms. The van der Waals surface area contributed by atoms with E-state index in [4.69, 9.17) is 5.11 Å². The van der Waals surface area contributed by atoms with Crippen molar-refractivity contribution in [3.63, 3.8) is 0 Å². The van der Waals surface area contributed by atoms with Crippen LogP contribution in [-0.2, 0) is 7.05 Å². The van der Waals surface area contributed by atoms with Crippen molar-refractivity contribution in [2.45, 2.75) is 0 Å². The molecule has 2 aromatic heterocycles. The normalized spacial score (nSPS) is 10.1. The van der Waals surface area contributed by atoms with Crippen LogP contribution in [0.3, 0.4) is 0 Å². The Labute approximate surface area is 102 Å². The van der Waals surface area contributed by atoms with Gasteiger partial charge in [-0.05, 0) is 12.1 Å². The topological polar surface area (TPSA) is 97.1 Å². The number of hydrogen-bond donors (Lipinski definition) is 2. The fourth-order valence-corrected chi connectivity index (χ4v) is 1.46. The molecular weight excluding hydrogens is 236 g/mol. The molecule has 92 valence electrons. The first-order chi connectivity index (χ1) is 8.59. The van der Waals surface area contributed by atoms with Gasteiger partial charge in [0.1, 0.15) is 5.69 Å². The minimum absolute atomic E-state index is 0.0134. The molecule has 0 saturated heterocycles. The van der Waals surface area contributed by atoms with Crippen LogP contribution in [0.1, 0.15) is 20.8 Å². The van der Waals surface area contributed by atoms with Crippen molar-refractivity contribution in [2.24, 2.45) is 7.05 Å². The highest BCUT2D eigenvalue weighted by Crippen LogP contribution is 2.14. The third-order valence-corrected chi connectivity index (χ3v) is 2.35. The van der Waals surface area contributed by atoms with Gasteiger partial charge in [-0.25, -0.2) is 4.79 Å². The smallest absolute Gasteiger partial charge is 0.337 e. The van der Waals surface area contributed by atoms with Gasteiger partial charge in [0.25, 0.3) is 5.91 Å². The number of anilines is 1. The lowest BCUT2D eigenvalue weighted by Gasteiger charge is -2.07. The van der Waals surface area contributed by atoms with Crippen LogP contribution in [0.15, 0.2) is 30.7 Å². The second-order valence-corrected chi connectivity index (χ2v) is 3.52. The van der Waals surface area contributed by atoms with E-state index in [9.17, 15) is 9.59 Å². The summed E-state index contributed by atoms with van der Waals surface area (Å²) >= 11 is 0. The first kappa shape index (κ1) is 11.8. The number of amides is 1. The largest absolute Gasteiger partial charge is 0.478 e. The van der Waals surface area contributed by atoms with Crippen molar-refractivity contribution in [2.75, 3.05) is 5.32 Å². The molecule has 2 heterocycles. The Morgan fingerprint density at radius 1 is 1.33 bits per heavy atom. The van der Waals surface area contributed by atoms with Crippen molar-refractivity contribution in [3.8, 4) is 0 Å². The third-order valence-electron chi connectivity index (χ3n) is 2.35. The molecule has 0 aliphatic rings. The Morgan fingerprint density at radius 2 is 2.11 bits per heavy atom. The van der Waals surface area contributed by atoms with Crippen molar-refractivity contribution in [1.29, 1.82) is 0 Å². The SMILES string of the molecule is Cn1nccc1C(=O)Nc1cnccc1C(=O)O. The number of carboxylic acids is 1. The van der Waals surface area contributed by atoms with E-state index in [1.807, 2.05) is 0 Å². The minimum Gasteiger partial charge on any atom is -0.478 e. The number of rotatable bonds is 3. The minimum atomic E-state index is -1.13. The van der Waals surface area contributed by atoms with Gasteiger partial charge in [0.2, 0.25) is 0 Å². The molecule has 0 aromatic carbocycles. The van der Waals surface area contributed by atoms with E-state index in [1.165, 1.54) is 35.4 Å². The number of pyridine rings is 1. The van der Waals surface area contributed by atoms with Gasteiger partial charge in [0.15, 0.2) is 0 Å². The summed E-state index contributed by atoms with van der Waals surface area (Å²) in [6.07, 6.45) is 4.12. The molecular formula is C11H10N4O3. The summed E-state index contributed by atoms with van der Waals surface area (Å²) in [5, 5.41) is 15.3. The number of aryl methyl sites for hydroxylation is 1. The number of aromatic carboxylic acids is 1. The summed E-state index contributed by atoms with van der Waals surface area (Å²) in [5.41, 5.74) is 0.465. The second kappa shape index (κ2) is 4.66. The van der Waals surface area contributed by atoms with Crippen LogP contribution in [0.25, 0.3) is 0 Å². The number of nitrogens with zero attached hydrogens (tertiary/aromatic N) is 3. The van der Waals surface area contributed by atoms with Crippen LogP contribution in [0.2, 0.25) is 0 Å². The number of aromatic nitrogens is 3. The van der Waals surface area contributed by atoms with Crippen LogP contribution in [0.4, 0.5) is 5.69 Å². The fraction of sp³-hybridized carbons (Fsp3) is 0.0909. The lowest BCUT2D eigenvalue weighted by Crippen LogP contribution is -2.18. The van der Waals surface area contributed by atoms with Gasteiger partial charge >= 0.3 is 5.97 Å². The summed E-state index contributed by atoms with van der Waals surface area (Å²) in [6, 6.07) is 2.85. The maximum absolute atomic E-state index is 11.9. The molecule has 0 saturated carbocycles. The Hall–Kier alpha value is -2.70. The van der Waals surface area contributed by atoms with E-state index in [-0.39, 0.29) is 11.3 Å². The Bertz CT molecular complexity index is 606. The summed E-state index contributed by atoms with van der Waals surface area (Å²) in [6.45, 7) is 0. The van der Waals surface area contributed by atoms with E-state index in [0.29, 0.717) is 5.69 Å². The molecule has 7 nitrogen and oxygen atoms in total. The number of hydrogen-bond acceptors (Lipinski definition) is 4. The molecule has 0 fully saturated rings. The number of carboxylic acid groups (broad SMARTS) is 1. The van der Waals surface area contributed by atoms with E-state index < -0.39 is 11.9 Å². The van der Waals surface area contributed by atoms with E-state index in [0.717, 1.165) is 0 Å². The highest BCUT2D eigenvalue weighted by molar-refractivity contribution is 6.06. The number of carbonyl (C=O) groups excluding carboxylic acids is 1. The molecule has 7 heteroatoms. The zero-order chi connectivity index (χ0) is 13.1. The van der Waals surface area contributed by atoms with E-state index in [2.05, 4.69) is 15.4 Å². The van der Waals surface area contributed by atoms with Gasteiger partial charge in [-0.3, -0.25) is 14.5 Å². The van der Waals surface area contributed by atoms with Crippen LogP contribution < -0.4 is 5.32 Å². The molecule has 2 rings (SSSR count). The van der Waals surface area contributed by atoms with E-state index in [1.54, 1.807) is 7.05 Å². The Kier molecular flexibility index (Phi) is 3.05. The Morgan fingerprint density at radius 3 is 2.72 bits per heavy atom. The standard InChI is InChI=1S/C11H10N4O3/c1-15-9(3-5-13-15)10(16)14-8-6-12-4-2-7(8)11(17)18/h2-6H,1H3,(H,14,16)(H,17,18). The van der Waals surface area contributed by atoms with Gasteiger partial charge in [-0.1, -0.05) is 0 Å². The highest BCUT2D eigenvalue weighted by atomic mass is 16.4. The maximum Gasteiger partial charge on any atom is 0.337 e. The molecule has 0 aliphatic heterocycles. The van der Waals surface area contributed by atoms with Crippen molar-refractivity contribution in [1.82, 2.24) is 14.8 Å². The lowest BCUT2D eigenvalue weighted by atomic mass is 10.2. The van der Waals surface area contributed by atoms with Crippen molar-refractivity contribution >= 4 is 17.6 Å². The average molecular weight is 246 g/mol. The quantitative estimate of drug-likeness (QED) is 0.833. The predicted molar refractivity (Wildman–Crippen MR) is 62.4 cm³/mol. The first-order valence-corrected chi connectivity index (χ1v) is 5.06. The molecule has 18 heavy (non-hydrogen) atoms. The van der Waals surface area contributed by atoms with Gasteiger partial charge in [0, 0.05) is 19.4 Å². The van der Waals surface area contributed by atoms with E-state index >= 15 is 0 Å². The van der Waals surface area contributed by atoms with Crippen LogP contribution in [0, 0.1) is 0 Å². The fourth-order valence-electron chi connectivity index (χ4n) is 1.46. The van der Waals surface area contributed by atoms with Crippen molar-refractivity contribution in [3.05, 3.63) is 42.0 Å². The molecule has 2 N–H and O–H groups in total. The monoisotopic (exact) mass is 246 g/mol. The van der Waals surface area contributed by atoms with Crippen LogP contribution in [0.5, 0.6) is 0 Å². The van der Waals surface area contributed by atoms with Gasteiger partial charge < -0.3 is 10.4 Å². The molecule has 1 amide bonds. The highest BCUT2D eigenvalue weighted by Gasteiger charge is 2.15.